The Morgan fingerprint density at radius 2 is 2.14 bits per heavy atom. The molecule has 3 nitrogen and oxygen atoms in total. The summed E-state index contributed by atoms with van der Waals surface area (Å²) in [5.74, 6) is -0.449. The predicted molar refractivity (Wildman–Crippen MR) is 82.0 cm³/mol. The van der Waals surface area contributed by atoms with Gasteiger partial charge in [0.15, 0.2) is 0 Å². The molecule has 1 aliphatic heterocycles. The first-order valence-corrected chi connectivity index (χ1v) is 7.22. The highest BCUT2D eigenvalue weighted by Gasteiger charge is 2.19. The number of benzene rings is 1. The molecule has 2 aromatic rings. The Hall–Kier alpha value is -1.94. The Kier molecular flexibility index (Phi) is 3.88. The van der Waals surface area contributed by atoms with Gasteiger partial charge in [-0.3, -0.25) is 0 Å². The zero-order valence-electron chi connectivity index (χ0n) is 12.3. The van der Waals surface area contributed by atoms with Crippen LogP contribution in [0.15, 0.2) is 36.5 Å². The molecule has 0 aliphatic carbocycles. The van der Waals surface area contributed by atoms with Crippen molar-refractivity contribution >= 4 is 5.69 Å². The lowest BCUT2D eigenvalue weighted by atomic mass is 10.0. The molecule has 110 valence electrons. The van der Waals surface area contributed by atoms with Gasteiger partial charge in [-0.15, -0.1) is 0 Å². The summed E-state index contributed by atoms with van der Waals surface area (Å²) < 4.78 is 18.4. The van der Waals surface area contributed by atoms with Crippen molar-refractivity contribution in [2.75, 3.05) is 24.7 Å². The van der Waals surface area contributed by atoms with Crippen LogP contribution in [0.3, 0.4) is 0 Å². The summed E-state index contributed by atoms with van der Waals surface area (Å²) in [6.45, 7) is 6.70. The topological polar surface area (TPSA) is 25.4 Å². The minimum absolute atomic E-state index is 0.386. The number of anilines is 1. The number of ether oxygens (including phenoxy) is 1. The van der Waals surface area contributed by atoms with Gasteiger partial charge < -0.3 is 9.64 Å². The number of pyridine rings is 1. The first-order valence-electron chi connectivity index (χ1n) is 7.22. The number of hydrogen-bond acceptors (Lipinski definition) is 3. The zero-order valence-corrected chi connectivity index (χ0v) is 12.3. The Morgan fingerprint density at radius 1 is 1.29 bits per heavy atom. The van der Waals surface area contributed by atoms with Gasteiger partial charge in [0.1, 0.15) is 0 Å². The molecule has 0 bridgehead atoms. The van der Waals surface area contributed by atoms with Crippen molar-refractivity contribution in [3.63, 3.8) is 0 Å². The number of rotatable bonds is 2. The van der Waals surface area contributed by atoms with Crippen LogP contribution in [0.1, 0.15) is 12.5 Å². The highest BCUT2D eigenvalue weighted by molar-refractivity contribution is 5.69. The molecule has 0 N–H and O–H groups in total. The van der Waals surface area contributed by atoms with Crippen LogP contribution >= 0.6 is 0 Å². The third-order valence-corrected chi connectivity index (χ3v) is 3.95. The Bertz CT molecular complexity index is 627. The summed E-state index contributed by atoms with van der Waals surface area (Å²) in [5.41, 5.74) is 4.41. The molecular weight excluding hydrogens is 267 g/mol. The van der Waals surface area contributed by atoms with E-state index < -0.39 is 5.95 Å². The normalized spacial score (nSPS) is 18.8. The standard InChI is InChI=1S/C17H19FN2O/c1-12-9-15(20-7-8-21-11-13(20)2)4-5-16(12)14-3-6-17(18)19-10-14/h3-6,9-10,13H,7-8,11H2,1-2H3/t13-/m0/s1. The van der Waals surface area contributed by atoms with Crippen molar-refractivity contribution in [1.82, 2.24) is 4.98 Å². The SMILES string of the molecule is Cc1cc(N2CCOC[C@@H]2C)ccc1-c1ccc(F)nc1. The van der Waals surface area contributed by atoms with Gasteiger partial charge in [0, 0.05) is 30.0 Å². The molecule has 1 saturated heterocycles. The van der Waals surface area contributed by atoms with E-state index in [1.807, 2.05) is 0 Å². The molecule has 0 radical (unpaired) electrons. The third-order valence-electron chi connectivity index (χ3n) is 3.95. The fourth-order valence-corrected chi connectivity index (χ4v) is 2.80. The van der Waals surface area contributed by atoms with Crippen molar-refractivity contribution in [3.05, 3.63) is 48.0 Å². The molecule has 1 aliphatic rings. The van der Waals surface area contributed by atoms with E-state index in [9.17, 15) is 4.39 Å². The minimum atomic E-state index is -0.449. The van der Waals surface area contributed by atoms with Crippen molar-refractivity contribution in [2.24, 2.45) is 0 Å². The third kappa shape index (κ3) is 2.90. The maximum Gasteiger partial charge on any atom is 0.212 e. The van der Waals surface area contributed by atoms with Gasteiger partial charge in [-0.2, -0.15) is 4.39 Å². The Morgan fingerprint density at radius 3 is 2.81 bits per heavy atom. The Labute approximate surface area is 124 Å². The summed E-state index contributed by atoms with van der Waals surface area (Å²) in [6.07, 6.45) is 1.58. The smallest absolute Gasteiger partial charge is 0.212 e. The van der Waals surface area contributed by atoms with E-state index in [1.165, 1.54) is 17.3 Å². The molecular formula is C17H19FN2O. The van der Waals surface area contributed by atoms with Crippen LogP contribution in [-0.4, -0.2) is 30.8 Å². The zero-order chi connectivity index (χ0) is 14.8. The summed E-state index contributed by atoms with van der Waals surface area (Å²) in [5, 5.41) is 0. The van der Waals surface area contributed by atoms with E-state index >= 15 is 0 Å². The van der Waals surface area contributed by atoms with Gasteiger partial charge in [0.25, 0.3) is 0 Å². The lowest BCUT2D eigenvalue weighted by Gasteiger charge is -2.35. The van der Waals surface area contributed by atoms with Gasteiger partial charge in [0.2, 0.25) is 5.95 Å². The second kappa shape index (κ2) is 5.82. The molecule has 0 amide bonds. The lowest BCUT2D eigenvalue weighted by molar-refractivity contribution is 0.0989. The summed E-state index contributed by atoms with van der Waals surface area (Å²) in [7, 11) is 0. The van der Waals surface area contributed by atoms with Gasteiger partial charge >= 0.3 is 0 Å². The first-order chi connectivity index (χ1) is 10.1. The monoisotopic (exact) mass is 286 g/mol. The number of aryl methyl sites for hydroxylation is 1. The fourth-order valence-electron chi connectivity index (χ4n) is 2.80. The van der Waals surface area contributed by atoms with E-state index in [0.717, 1.165) is 30.9 Å². The summed E-state index contributed by atoms with van der Waals surface area (Å²) in [4.78, 5) is 6.09. The average Bonchev–Trinajstić information content (AvgIpc) is 2.49. The largest absolute Gasteiger partial charge is 0.377 e. The maximum absolute atomic E-state index is 12.9. The van der Waals surface area contributed by atoms with Crippen LogP contribution in [0.5, 0.6) is 0 Å². The molecule has 2 heterocycles. The van der Waals surface area contributed by atoms with Gasteiger partial charge in [-0.1, -0.05) is 6.07 Å². The lowest BCUT2D eigenvalue weighted by Crippen LogP contribution is -2.43. The Balaban J connectivity index is 1.90. The van der Waals surface area contributed by atoms with Crippen LogP contribution < -0.4 is 4.90 Å². The maximum atomic E-state index is 12.9. The predicted octanol–water partition coefficient (Wildman–Crippen LogP) is 3.42. The number of morpholine rings is 1. The van der Waals surface area contributed by atoms with E-state index in [2.05, 4.69) is 41.9 Å². The second-order valence-electron chi connectivity index (χ2n) is 5.49. The molecule has 21 heavy (non-hydrogen) atoms. The van der Waals surface area contributed by atoms with Crippen LogP contribution in [0.4, 0.5) is 10.1 Å². The average molecular weight is 286 g/mol. The van der Waals surface area contributed by atoms with Crippen molar-refractivity contribution in [1.29, 1.82) is 0 Å². The first kappa shape index (κ1) is 14.0. The van der Waals surface area contributed by atoms with Crippen LogP contribution in [0, 0.1) is 12.9 Å². The van der Waals surface area contributed by atoms with Gasteiger partial charge in [-0.25, -0.2) is 4.98 Å². The van der Waals surface area contributed by atoms with E-state index in [-0.39, 0.29) is 0 Å². The summed E-state index contributed by atoms with van der Waals surface area (Å²) >= 11 is 0. The molecule has 4 heteroatoms. The fraction of sp³-hybridized carbons (Fsp3) is 0.353. The number of halogens is 1. The van der Waals surface area contributed by atoms with Crippen molar-refractivity contribution in [2.45, 2.75) is 19.9 Å². The second-order valence-corrected chi connectivity index (χ2v) is 5.49. The van der Waals surface area contributed by atoms with Crippen LogP contribution in [0.25, 0.3) is 11.1 Å². The van der Waals surface area contributed by atoms with Crippen LogP contribution in [0.2, 0.25) is 0 Å². The van der Waals surface area contributed by atoms with Gasteiger partial charge in [-0.05, 0) is 49.2 Å². The quantitative estimate of drug-likeness (QED) is 0.791. The number of aromatic nitrogens is 1. The highest BCUT2D eigenvalue weighted by atomic mass is 19.1. The minimum Gasteiger partial charge on any atom is -0.377 e. The molecule has 1 aromatic heterocycles. The molecule has 0 saturated carbocycles. The molecule has 1 fully saturated rings. The molecule has 1 atom stereocenters. The molecule has 1 aromatic carbocycles. The number of hydrogen-bond donors (Lipinski definition) is 0. The molecule has 0 spiro atoms. The van der Waals surface area contributed by atoms with Gasteiger partial charge in [0.05, 0.1) is 13.2 Å². The van der Waals surface area contributed by atoms with E-state index in [0.29, 0.717) is 6.04 Å². The van der Waals surface area contributed by atoms with Crippen molar-refractivity contribution in [3.8, 4) is 11.1 Å². The molecule has 3 rings (SSSR count). The molecule has 0 unspecified atom stereocenters. The van der Waals surface area contributed by atoms with Crippen LogP contribution in [-0.2, 0) is 4.74 Å². The summed E-state index contributed by atoms with van der Waals surface area (Å²) in [6, 6.07) is 9.93. The van der Waals surface area contributed by atoms with Crippen molar-refractivity contribution < 1.29 is 9.13 Å². The van der Waals surface area contributed by atoms with E-state index in [1.54, 1.807) is 12.3 Å². The number of nitrogens with zero attached hydrogens (tertiary/aromatic N) is 2. The highest BCUT2D eigenvalue weighted by Crippen LogP contribution is 2.28. The van der Waals surface area contributed by atoms with E-state index in [4.69, 9.17) is 4.74 Å².